The Hall–Kier alpha value is -4.32. The zero-order chi connectivity index (χ0) is 25.6. The molecule has 0 unspecified atom stereocenters. The van der Waals surface area contributed by atoms with Crippen LogP contribution in [0.5, 0.6) is 0 Å². The average Bonchev–Trinajstić information content (AvgIpc) is 3.44. The fourth-order valence-electron chi connectivity index (χ4n) is 4.32. The van der Waals surface area contributed by atoms with Crippen LogP contribution in [0.2, 0.25) is 0 Å². The summed E-state index contributed by atoms with van der Waals surface area (Å²) in [6.45, 7) is 2.58. The fourth-order valence-corrected chi connectivity index (χ4v) is 4.32. The summed E-state index contributed by atoms with van der Waals surface area (Å²) in [5.41, 5.74) is 7.99. The lowest BCUT2D eigenvalue weighted by atomic mass is 10.0. The number of aromatic amines is 1. The lowest BCUT2D eigenvalue weighted by Gasteiger charge is -2.13. The van der Waals surface area contributed by atoms with E-state index in [1.807, 2.05) is 12.2 Å². The predicted molar refractivity (Wildman–Crippen MR) is 127 cm³/mol. The number of hydrogen-bond donors (Lipinski definition) is 4. The second-order valence-electron chi connectivity index (χ2n) is 8.33. The molecule has 0 fully saturated rings. The molecule has 0 radical (unpaired) electrons. The first-order valence-electron chi connectivity index (χ1n) is 11.0. The van der Waals surface area contributed by atoms with Crippen molar-refractivity contribution in [3.05, 3.63) is 66.1 Å². The molecule has 0 saturated carbocycles. The Balaban J connectivity index is 1.86. The van der Waals surface area contributed by atoms with Gasteiger partial charge in [-0.3, -0.25) is 10.4 Å². The zero-order valence-electron chi connectivity index (χ0n) is 19.0. The smallest absolute Gasteiger partial charge is 0.387 e. The van der Waals surface area contributed by atoms with Crippen molar-refractivity contribution in [1.82, 2.24) is 24.7 Å². The van der Waals surface area contributed by atoms with E-state index in [2.05, 4.69) is 20.1 Å². The van der Waals surface area contributed by atoms with Crippen molar-refractivity contribution >= 4 is 33.5 Å². The molecule has 4 heterocycles. The van der Waals surface area contributed by atoms with E-state index in [1.54, 1.807) is 12.3 Å². The Morgan fingerprint density at radius 1 is 1.19 bits per heavy atom. The monoisotopic (exact) mass is 497 g/mol. The summed E-state index contributed by atoms with van der Waals surface area (Å²) < 4.78 is 56.0. The Bertz CT molecular complexity index is 1620. The van der Waals surface area contributed by atoms with Crippen LogP contribution in [0.4, 0.5) is 23.2 Å². The van der Waals surface area contributed by atoms with Crippen molar-refractivity contribution in [2.75, 3.05) is 6.54 Å². The minimum Gasteiger partial charge on any atom is -0.387 e. The molecule has 5 aromatic rings. The number of alkyl halides is 3. The molecule has 0 saturated heterocycles. The third-order valence-electron chi connectivity index (χ3n) is 5.73. The molecule has 6 N–H and O–H groups in total. The van der Waals surface area contributed by atoms with E-state index in [0.29, 0.717) is 50.9 Å². The maximum atomic E-state index is 14.7. The number of nitrogens with two attached hydrogens (primary N) is 2. The Morgan fingerprint density at radius 3 is 2.69 bits per heavy atom. The third-order valence-corrected chi connectivity index (χ3v) is 5.73. The standard InChI is InChI=1S/C24H20F4N8/c1-2-32-17-8-14(25)7-15-20-22(36-4-3-18(35-36)24(26,27)28)16(11-33-23(20)34-21(15)17)13-5-12(6-19(29)30)9-31-10-13/h3-5,7-11,32H,2,6H2,1H3,(H3,29,30)(H,33,34)/p+1. The first-order valence-corrected chi connectivity index (χ1v) is 11.0. The van der Waals surface area contributed by atoms with Gasteiger partial charge in [-0.2, -0.15) is 18.3 Å². The van der Waals surface area contributed by atoms with Gasteiger partial charge in [0.25, 0.3) is 0 Å². The van der Waals surface area contributed by atoms with Crippen molar-refractivity contribution in [2.24, 2.45) is 5.73 Å². The number of nitrogens with zero attached hydrogens (tertiary/aromatic N) is 4. The molecule has 4 aromatic heterocycles. The van der Waals surface area contributed by atoms with Crippen LogP contribution in [-0.2, 0) is 12.6 Å². The summed E-state index contributed by atoms with van der Waals surface area (Å²) in [5, 5.41) is 14.1. The maximum absolute atomic E-state index is 14.7. The van der Waals surface area contributed by atoms with E-state index in [1.165, 1.54) is 30.7 Å². The molecule has 0 aliphatic heterocycles. The van der Waals surface area contributed by atoms with Crippen molar-refractivity contribution < 1.29 is 22.9 Å². The number of aromatic nitrogens is 5. The van der Waals surface area contributed by atoms with Crippen molar-refractivity contribution in [3.63, 3.8) is 0 Å². The highest BCUT2D eigenvalue weighted by atomic mass is 19.4. The van der Waals surface area contributed by atoms with Gasteiger partial charge in [-0.15, -0.1) is 0 Å². The summed E-state index contributed by atoms with van der Waals surface area (Å²) in [5.74, 6) is -0.544. The van der Waals surface area contributed by atoms with Gasteiger partial charge in [0.05, 0.1) is 23.5 Å². The molecule has 12 heteroatoms. The largest absolute Gasteiger partial charge is 0.435 e. The number of amidine groups is 1. The van der Waals surface area contributed by atoms with Crippen molar-refractivity contribution in [3.8, 4) is 16.8 Å². The second-order valence-corrected chi connectivity index (χ2v) is 8.33. The minimum atomic E-state index is -4.64. The molecule has 0 aliphatic carbocycles. The molecule has 0 atom stereocenters. The molecule has 0 aliphatic rings. The Kier molecular flexibility index (Phi) is 5.67. The number of quaternary nitrogens is 1. The number of rotatable bonds is 6. The minimum absolute atomic E-state index is 0.0588. The number of nitrogens with one attached hydrogen (secondary N) is 2. The number of fused-ring (bicyclic) bond motifs is 3. The number of halogens is 4. The average molecular weight is 497 g/mol. The summed E-state index contributed by atoms with van der Waals surface area (Å²) in [4.78, 5) is 11.9. The van der Waals surface area contributed by atoms with E-state index in [4.69, 9.17) is 11.1 Å². The first kappa shape index (κ1) is 23.4. The number of benzene rings is 1. The Labute approximate surface area is 201 Å². The van der Waals surface area contributed by atoms with Crippen LogP contribution in [0, 0.1) is 11.2 Å². The van der Waals surface area contributed by atoms with E-state index < -0.39 is 17.7 Å². The van der Waals surface area contributed by atoms with Crippen LogP contribution in [-0.4, -0.2) is 37.1 Å². The van der Waals surface area contributed by atoms with Crippen LogP contribution in [0.25, 0.3) is 38.8 Å². The predicted octanol–water partition coefficient (Wildman–Crippen LogP) is 3.81. The van der Waals surface area contributed by atoms with Crippen LogP contribution in [0.15, 0.2) is 49.1 Å². The molecule has 0 amide bonds. The van der Waals surface area contributed by atoms with E-state index in [9.17, 15) is 17.6 Å². The van der Waals surface area contributed by atoms with E-state index in [-0.39, 0.29) is 17.9 Å². The lowest BCUT2D eigenvalue weighted by Crippen LogP contribution is -2.77. The number of H-pyrrole nitrogens is 1. The van der Waals surface area contributed by atoms with Gasteiger partial charge in [0.15, 0.2) is 11.4 Å². The molecular weight excluding hydrogens is 476 g/mol. The van der Waals surface area contributed by atoms with Crippen LogP contribution in [0.3, 0.4) is 0 Å². The maximum Gasteiger partial charge on any atom is 0.435 e. The molecule has 8 nitrogen and oxygen atoms in total. The number of pyridine rings is 2. The van der Waals surface area contributed by atoms with E-state index >= 15 is 0 Å². The highest BCUT2D eigenvalue weighted by Gasteiger charge is 2.34. The Morgan fingerprint density at radius 2 is 2.00 bits per heavy atom. The van der Waals surface area contributed by atoms with Gasteiger partial charge < -0.3 is 16.0 Å². The quantitative estimate of drug-likeness (QED) is 0.123. The van der Waals surface area contributed by atoms with Crippen molar-refractivity contribution in [1.29, 1.82) is 5.41 Å². The van der Waals surface area contributed by atoms with Crippen LogP contribution >= 0.6 is 0 Å². The van der Waals surface area contributed by atoms with Gasteiger partial charge >= 0.3 is 6.18 Å². The molecule has 184 valence electrons. The fraction of sp³-hybridized carbons (Fsp3) is 0.167. The van der Waals surface area contributed by atoms with Gasteiger partial charge in [0, 0.05) is 53.8 Å². The lowest BCUT2D eigenvalue weighted by molar-refractivity contribution is -0.566. The highest BCUT2D eigenvalue weighted by molar-refractivity contribution is 6.14. The molecule has 1 aromatic carbocycles. The summed E-state index contributed by atoms with van der Waals surface area (Å²) >= 11 is 0. The molecule has 5 rings (SSSR count). The normalized spacial score (nSPS) is 12.0. The summed E-state index contributed by atoms with van der Waals surface area (Å²) in [6, 6.07) is 5.34. The second kappa shape index (κ2) is 8.72. The zero-order valence-corrected chi connectivity index (χ0v) is 19.0. The van der Waals surface area contributed by atoms with Crippen LogP contribution < -0.4 is 11.1 Å². The first-order chi connectivity index (χ1) is 17.2. The van der Waals surface area contributed by atoms with Gasteiger partial charge in [0.1, 0.15) is 17.0 Å². The van der Waals surface area contributed by atoms with Gasteiger partial charge in [-0.1, -0.05) is 0 Å². The SMILES string of the molecule is CC[NH2+]c1cc(F)cc2c1[nH]c1ncc(-c3cncc(CC(=N)N)c3)c(-n3ccc(C(F)(F)F)n3)c12. The molecule has 36 heavy (non-hydrogen) atoms. The van der Waals surface area contributed by atoms with Gasteiger partial charge in [-0.05, 0) is 30.7 Å². The van der Waals surface area contributed by atoms with Crippen molar-refractivity contribution in [2.45, 2.75) is 19.5 Å². The molecule has 0 spiro atoms. The van der Waals surface area contributed by atoms with E-state index in [0.717, 1.165) is 10.7 Å². The number of hydrogen-bond acceptors (Lipinski definition) is 4. The highest BCUT2D eigenvalue weighted by Crippen LogP contribution is 2.38. The molecule has 0 bridgehead atoms. The topological polar surface area (TPSA) is 126 Å². The van der Waals surface area contributed by atoms with Gasteiger partial charge in [-0.25, -0.2) is 14.1 Å². The summed E-state index contributed by atoms with van der Waals surface area (Å²) in [7, 11) is 0. The molecular formula is C24H21F4N8+. The van der Waals surface area contributed by atoms with Gasteiger partial charge in [0.2, 0.25) is 0 Å². The van der Waals surface area contributed by atoms with Crippen LogP contribution in [0.1, 0.15) is 18.2 Å². The summed E-state index contributed by atoms with van der Waals surface area (Å²) in [6.07, 6.45) is 1.33. The third kappa shape index (κ3) is 4.15.